The molecular formula is C28H22. The summed E-state index contributed by atoms with van der Waals surface area (Å²) in [7, 11) is 0. The lowest BCUT2D eigenvalue weighted by atomic mass is 9.87. The zero-order chi connectivity index (χ0) is 18.9. The molecule has 0 aliphatic heterocycles. The molecule has 0 nitrogen and oxygen atoms in total. The second-order valence-corrected chi connectivity index (χ2v) is 7.25. The lowest BCUT2D eigenvalue weighted by Crippen LogP contribution is -1.91. The molecule has 5 aromatic carbocycles. The second-order valence-electron chi connectivity index (χ2n) is 7.25. The van der Waals surface area contributed by atoms with Crippen LogP contribution in [0.15, 0.2) is 103 Å². The molecule has 0 radical (unpaired) electrons. The Morgan fingerprint density at radius 2 is 1.18 bits per heavy atom. The fourth-order valence-corrected chi connectivity index (χ4v) is 4.32. The van der Waals surface area contributed by atoms with E-state index in [1.807, 2.05) is 0 Å². The fraction of sp³-hybridized carbons (Fsp3) is 0.0714. The number of fused-ring (bicyclic) bond motifs is 2. The third kappa shape index (κ3) is 2.70. The number of aryl methyl sites for hydroxylation is 1. The normalized spacial score (nSPS) is 11.2. The summed E-state index contributed by atoms with van der Waals surface area (Å²) in [6, 6.07) is 37.4. The Labute approximate surface area is 166 Å². The Morgan fingerprint density at radius 1 is 0.500 bits per heavy atom. The molecule has 0 saturated carbocycles. The van der Waals surface area contributed by atoms with E-state index in [4.69, 9.17) is 0 Å². The topological polar surface area (TPSA) is 0 Å². The molecule has 0 bridgehead atoms. The highest BCUT2D eigenvalue weighted by Crippen LogP contribution is 2.40. The first kappa shape index (κ1) is 16.8. The minimum absolute atomic E-state index is 1.03. The van der Waals surface area contributed by atoms with E-state index in [-0.39, 0.29) is 0 Å². The van der Waals surface area contributed by atoms with Crippen LogP contribution < -0.4 is 0 Å². The van der Waals surface area contributed by atoms with E-state index in [2.05, 4.69) is 110 Å². The molecule has 0 N–H and O–H groups in total. The maximum Gasteiger partial charge on any atom is -0.00238 e. The van der Waals surface area contributed by atoms with E-state index in [0.29, 0.717) is 0 Å². The number of hydrogen-bond acceptors (Lipinski definition) is 0. The summed E-state index contributed by atoms with van der Waals surface area (Å²) in [6.45, 7) is 2.24. The van der Waals surface area contributed by atoms with Gasteiger partial charge < -0.3 is 0 Å². The highest BCUT2D eigenvalue weighted by atomic mass is 14.2. The summed E-state index contributed by atoms with van der Waals surface area (Å²) in [5.41, 5.74) is 6.58. The highest BCUT2D eigenvalue weighted by molar-refractivity contribution is 6.11. The van der Waals surface area contributed by atoms with Crippen molar-refractivity contribution in [3.8, 4) is 22.3 Å². The van der Waals surface area contributed by atoms with Gasteiger partial charge in [0.2, 0.25) is 0 Å². The smallest absolute Gasteiger partial charge is 0.00238 e. The largest absolute Gasteiger partial charge is 0.0622 e. The first-order chi connectivity index (χ1) is 13.9. The fourth-order valence-electron chi connectivity index (χ4n) is 4.32. The van der Waals surface area contributed by atoms with E-state index < -0.39 is 0 Å². The van der Waals surface area contributed by atoms with E-state index in [1.165, 1.54) is 49.4 Å². The molecule has 5 aromatic rings. The van der Waals surface area contributed by atoms with E-state index in [1.54, 1.807) is 0 Å². The number of benzene rings is 5. The summed E-state index contributed by atoms with van der Waals surface area (Å²) in [4.78, 5) is 0. The summed E-state index contributed by atoms with van der Waals surface area (Å²) in [6.07, 6.45) is 1.03. The summed E-state index contributed by atoms with van der Waals surface area (Å²) in [5.74, 6) is 0. The van der Waals surface area contributed by atoms with Gasteiger partial charge in [0.05, 0.1) is 0 Å². The molecule has 5 rings (SSSR count). The molecule has 0 heteroatoms. The van der Waals surface area contributed by atoms with Crippen LogP contribution in [0.2, 0.25) is 0 Å². The average Bonchev–Trinajstić information content (AvgIpc) is 2.78. The Kier molecular flexibility index (Phi) is 4.18. The molecule has 0 saturated heterocycles. The van der Waals surface area contributed by atoms with Crippen molar-refractivity contribution in [2.75, 3.05) is 0 Å². The van der Waals surface area contributed by atoms with Gasteiger partial charge in [0.25, 0.3) is 0 Å². The number of hydrogen-bond donors (Lipinski definition) is 0. The SMILES string of the molecule is CCc1ccc(-c2ccccc2)c2c(-c3cccc4ccccc34)cccc12. The maximum atomic E-state index is 2.30. The molecule has 0 aliphatic rings. The van der Waals surface area contributed by atoms with Crippen LogP contribution in [-0.2, 0) is 6.42 Å². The van der Waals surface area contributed by atoms with Gasteiger partial charge in [-0.05, 0) is 55.8 Å². The third-order valence-electron chi connectivity index (χ3n) is 5.68. The first-order valence-corrected chi connectivity index (χ1v) is 9.95. The van der Waals surface area contributed by atoms with E-state index in [0.717, 1.165) is 6.42 Å². The minimum Gasteiger partial charge on any atom is -0.0622 e. The van der Waals surface area contributed by atoms with Crippen molar-refractivity contribution in [2.24, 2.45) is 0 Å². The van der Waals surface area contributed by atoms with Gasteiger partial charge in [0.1, 0.15) is 0 Å². The van der Waals surface area contributed by atoms with Crippen molar-refractivity contribution >= 4 is 21.5 Å². The van der Waals surface area contributed by atoms with Crippen LogP contribution in [0.5, 0.6) is 0 Å². The zero-order valence-electron chi connectivity index (χ0n) is 16.0. The minimum atomic E-state index is 1.03. The van der Waals surface area contributed by atoms with Crippen molar-refractivity contribution in [1.82, 2.24) is 0 Å². The van der Waals surface area contributed by atoms with Crippen molar-refractivity contribution < 1.29 is 0 Å². The van der Waals surface area contributed by atoms with Crippen molar-refractivity contribution in [2.45, 2.75) is 13.3 Å². The lowest BCUT2D eigenvalue weighted by molar-refractivity contribution is 1.16. The molecule has 0 atom stereocenters. The monoisotopic (exact) mass is 358 g/mol. The Bertz CT molecular complexity index is 1270. The molecule has 0 fully saturated rings. The predicted octanol–water partition coefficient (Wildman–Crippen LogP) is 7.89. The van der Waals surface area contributed by atoms with Crippen molar-refractivity contribution in [3.63, 3.8) is 0 Å². The van der Waals surface area contributed by atoms with Crippen LogP contribution in [0.25, 0.3) is 43.8 Å². The Hall–Kier alpha value is -3.38. The summed E-state index contributed by atoms with van der Waals surface area (Å²) >= 11 is 0. The molecule has 0 amide bonds. The molecule has 0 heterocycles. The van der Waals surface area contributed by atoms with Crippen LogP contribution in [0.4, 0.5) is 0 Å². The maximum absolute atomic E-state index is 2.30. The molecule has 0 aliphatic carbocycles. The molecule has 0 unspecified atom stereocenters. The van der Waals surface area contributed by atoms with Gasteiger partial charge >= 0.3 is 0 Å². The molecular weight excluding hydrogens is 336 g/mol. The van der Waals surface area contributed by atoms with Crippen LogP contribution in [0, 0.1) is 0 Å². The molecule has 0 spiro atoms. The van der Waals surface area contributed by atoms with Gasteiger partial charge in [-0.15, -0.1) is 0 Å². The van der Waals surface area contributed by atoms with Crippen LogP contribution in [0.3, 0.4) is 0 Å². The van der Waals surface area contributed by atoms with Gasteiger partial charge in [0, 0.05) is 0 Å². The van der Waals surface area contributed by atoms with Gasteiger partial charge in [-0.3, -0.25) is 0 Å². The number of rotatable bonds is 3. The van der Waals surface area contributed by atoms with Crippen molar-refractivity contribution in [3.05, 3.63) is 109 Å². The van der Waals surface area contributed by atoms with E-state index in [9.17, 15) is 0 Å². The Balaban J connectivity index is 1.92. The summed E-state index contributed by atoms with van der Waals surface area (Å²) in [5, 5.41) is 5.29. The summed E-state index contributed by atoms with van der Waals surface area (Å²) < 4.78 is 0. The van der Waals surface area contributed by atoms with Gasteiger partial charge in [0.15, 0.2) is 0 Å². The van der Waals surface area contributed by atoms with Crippen LogP contribution in [0.1, 0.15) is 12.5 Å². The molecule has 134 valence electrons. The average molecular weight is 358 g/mol. The Morgan fingerprint density at radius 3 is 2.04 bits per heavy atom. The zero-order valence-corrected chi connectivity index (χ0v) is 16.0. The van der Waals surface area contributed by atoms with Crippen molar-refractivity contribution in [1.29, 1.82) is 0 Å². The van der Waals surface area contributed by atoms with Gasteiger partial charge in [-0.25, -0.2) is 0 Å². The third-order valence-corrected chi connectivity index (χ3v) is 5.68. The first-order valence-electron chi connectivity index (χ1n) is 9.95. The lowest BCUT2D eigenvalue weighted by Gasteiger charge is -2.16. The standard InChI is InChI=1S/C28H22/c1-2-20-18-19-25(22-10-4-3-5-11-22)28-24(20)15-9-17-27(28)26-16-8-13-21-12-6-7-14-23(21)26/h3-19H,2H2,1H3. The van der Waals surface area contributed by atoms with Crippen LogP contribution >= 0.6 is 0 Å². The predicted molar refractivity (Wildman–Crippen MR) is 122 cm³/mol. The second kappa shape index (κ2) is 6.98. The van der Waals surface area contributed by atoms with Gasteiger partial charge in [-0.1, -0.05) is 110 Å². The van der Waals surface area contributed by atoms with Gasteiger partial charge in [-0.2, -0.15) is 0 Å². The molecule has 0 aromatic heterocycles. The van der Waals surface area contributed by atoms with E-state index >= 15 is 0 Å². The van der Waals surface area contributed by atoms with Crippen LogP contribution in [-0.4, -0.2) is 0 Å². The molecule has 28 heavy (non-hydrogen) atoms. The quantitative estimate of drug-likeness (QED) is 0.307. The highest BCUT2D eigenvalue weighted by Gasteiger charge is 2.14.